The van der Waals surface area contributed by atoms with Crippen molar-refractivity contribution in [3.05, 3.63) is 94.2 Å². The van der Waals surface area contributed by atoms with Gasteiger partial charge in [-0.3, -0.25) is 4.79 Å². The van der Waals surface area contributed by atoms with Crippen LogP contribution in [0.2, 0.25) is 5.02 Å². The van der Waals surface area contributed by atoms with Gasteiger partial charge in [-0.05, 0) is 25.5 Å². The first kappa shape index (κ1) is 24.2. The third-order valence-electron chi connectivity index (χ3n) is 5.57. The predicted molar refractivity (Wildman–Crippen MR) is 129 cm³/mol. The Kier molecular flexibility index (Phi) is 7.31. The van der Waals surface area contributed by atoms with Crippen LogP contribution in [0.3, 0.4) is 0 Å². The molecule has 0 bridgehead atoms. The number of hydrogen-bond acceptors (Lipinski definition) is 7. The normalized spacial score (nSPS) is 11.8. The molecule has 0 aliphatic rings. The second-order valence-electron chi connectivity index (χ2n) is 8.03. The van der Waals surface area contributed by atoms with Crippen LogP contribution in [-0.4, -0.2) is 33.8 Å². The smallest absolute Gasteiger partial charge is 0.358 e. The molecule has 4 aromatic rings. The maximum Gasteiger partial charge on any atom is 0.358 e. The molecular formula is C26H24ClN3O5. The molecule has 0 amide bonds. The number of carbonyl (C=O) groups excluding carboxylic acids is 2. The molecular weight excluding hydrogens is 470 g/mol. The van der Waals surface area contributed by atoms with Gasteiger partial charge in [-0.15, -0.1) is 0 Å². The van der Waals surface area contributed by atoms with E-state index in [1.165, 1.54) is 7.11 Å². The zero-order chi connectivity index (χ0) is 24.9. The van der Waals surface area contributed by atoms with Gasteiger partial charge in [-0.1, -0.05) is 59.2 Å². The Morgan fingerprint density at radius 1 is 1.14 bits per heavy atom. The molecule has 4 rings (SSSR count). The number of ether oxygens (including phenoxy) is 2. The molecule has 0 N–H and O–H groups in total. The number of hydrogen-bond donors (Lipinski definition) is 0. The van der Waals surface area contributed by atoms with Crippen molar-refractivity contribution >= 4 is 23.5 Å². The van der Waals surface area contributed by atoms with E-state index in [4.69, 9.17) is 20.9 Å². The molecule has 1 atom stereocenters. The van der Waals surface area contributed by atoms with Crippen LogP contribution in [0, 0.1) is 6.92 Å². The highest BCUT2D eigenvalue weighted by Crippen LogP contribution is 2.29. The van der Waals surface area contributed by atoms with Gasteiger partial charge >= 0.3 is 11.9 Å². The Hall–Kier alpha value is -3.91. The topological polar surface area (TPSA) is 96.5 Å². The molecule has 1 unspecified atom stereocenters. The molecule has 2 aromatic heterocycles. The number of aromatic nitrogens is 3. The van der Waals surface area contributed by atoms with Crippen LogP contribution >= 0.6 is 11.6 Å². The molecule has 180 valence electrons. The van der Waals surface area contributed by atoms with E-state index in [9.17, 15) is 9.59 Å². The minimum atomic E-state index is -0.484. The van der Waals surface area contributed by atoms with E-state index >= 15 is 0 Å². The number of benzene rings is 2. The van der Waals surface area contributed by atoms with Crippen molar-refractivity contribution < 1.29 is 23.6 Å². The van der Waals surface area contributed by atoms with Crippen LogP contribution in [0.1, 0.15) is 45.9 Å². The van der Waals surface area contributed by atoms with Crippen molar-refractivity contribution in [2.45, 2.75) is 32.9 Å². The zero-order valence-corrected chi connectivity index (χ0v) is 20.3. The lowest BCUT2D eigenvalue weighted by molar-refractivity contribution is -0.147. The fourth-order valence-corrected chi connectivity index (χ4v) is 3.99. The first-order chi connectivity index (χ1) is 16.9. The Bertz CT molecular complexity index is 1340. The largest absolute Gasteiger partial charge is 0.464 e. The number of methoxy groups -OCH3 is 1. The lowest BCUT2D eigenvalue weighted by atomic mass is 10.0. The van der Waals surface area contributed by atoms with Gasteiger partial charge in [-0.25, -0.2) is 9.78 Å². The van der Waals surface area contributed by atoms with Crippen LogP contribution in [0.15, 0.2) is 65.6 Å². The van der Waals surface area contributed by atoms with E-state index < -0.39 is 18.0 Å². The Labute approximate surface area is 207 Å². The maximum atomic E-state index is 12.7. The number of esters is 2. The van der Waals surface area contributed by atoms with Gasteiger partial charge in [0.05, 0.1) is 25.6 Å². The van der Waals surface area contributed by atoms with Gasteiger partial charge in [-0.2, -0.15) is 0 Å². The van der Waals surface area contributed by atoms with Crippen molar-refractivity contribution in [2.75, 3.05) is 7.11 Å². The summed E-state index contributed by atoms with van der Waals surface area (Å²) in [6.07, 6.45) is 2.74. The summed E-state index contributed by atoms with van der Waals surface area (Å²) >= 11 is 6.22. The second kappa shape index (κ2) is 10.6. The second-order valence-corrected chi connectivity index (χ2v) is 8.43. The highest BCUT2D eigenvalue weighted by molar-refractivity contribution is 6.31. The van der Waals surface area contributed by atoms with E-state index in [-0.39, 0.29) is 12.1 Å². The number of nitrogens with zero attached hydrogens (tertiary/aromatic N) is 3. The number of rotatable bonds is 8. The third-order valence-corrected chi connectivity index (χ3v) is 5.91. The fourth-order valence-electron chi connectivity index (χ4n) is 3.70. The summed E-state index contributed by atoms with van der Waals surface area (Å²) in [6, 6.07) is 14.9. The van der Waals surface area contributed by atoms with Crippen LogP contribution in [0.4, 0.5) is 0 Å². The molecule has 9 heteroatoms. The molecule has 0 fully saturated rings. The van der Waals surface area contributed by atoms with E-state index in [0.29, 0.717) is 28.6 Å². The number of imidazole rings is 1. The SMILES string of the molecule is COC(=O)c1cn(Cc2ccc(-c3onc(C)c3CC(=O)OC(C)c3ccccc3Cl)cc2)cn1. The zero-order valence-electron chi connectivity index (χ0n) is 19.5. The van der Waals surface area contributed by atoms with Crippen LogP contribution in [0.5, 0.6) is 0 Å². The van der Waals surface area contributed by atoms with Gasteiger partial charge in [0.25, 0.3) is 0 Å². The Morgan fingerprint density at radius 3 is 2.60 bits per heavy atom. The summed E-state index contributed by atoms with van der Waals surface area (Å²) in [5.41, 5.74) is 4.08. The molecule has 0 saturated heterocycles. The van der Waals surface area contributed by atoms with Crippen molar-refractivity contribution in [2.24, 2.45) is 0 Å². The number of carbonyl (C=O) groups is 2. The Morgan fingerprint density at radius 2 is 1.89 bits per heavy atom. The monoisotopic (exact) mass is 493 g/mol. The number of halogens is 1. The molecule has 0 aliphatic heterocycles. The lowest BCUT2D eigenvalue weighted by Gasteiger charge is -2.15. The van der Waals surface area contributed by atoms with Gasteiger partial charge in [0.1, 0.15) is 6.10 Å². The van der Waals surface area contributed by atoms with E-state index in [1.807, 2.05) is 42.5 Å². The van der Waals surface area contributed by atoms with Gasteiger partial charge in [0, 0.05) is 34.5 Å². The Balaban J connectivity index is 1.45. The molecule has 0 radical (unpaired) electrons. The van der Waals surface area contributed by atoms with Gasteiger partial charge in [0.2, 0.25) is 0 Å². The highest BCUT2D eigenvalue weighted by atomic mass is 35.5. The minimum absolute atomic E-state index is 0.0204. The van der Waals surface area contributed by atoms with Crippen LogP contribution in [-0.2, 0) is 27.2 Å². The fraction of sp³-hybridized carbons (Fsp3) is 0.231. The van der Waals surface area contributed by atoms with E-state index in [0.717, 1.165) is 16.7 Å². The highest BCUT2D eigenvalue weighted by Gasteiger charge is 2.21. The van der Waals surface area contributed by atoms with Gasteiger partial charge < -0.3 is 18.6 Å². The average Bonchev–Trinajstić information content (AvgIpc) is 3.46. The average molecular weight is 494 g/mol. The summed E-state index contributed by atoms with van der Waals surface area (Å²) in [4.78, 5) is 28.3. The minimum Gasteiger partial charge on any atom is -0.464 e. The summed E-state index contributed by atoms with van der Waals surface area (Å²) in [7, 11) is 1.32. The summed E-state index contributed by atoms with van der Waals surface area (Å²) in [5.74, 6) is -0.359. The van der Waals surface area contributed by atoms with E-state index in [1.54, 1.807) is 37.0 Å². The molecule has 0 spiro atoms. The summed E-state index contributed by atoms with van der Waals surface area (Å²) in [6.45, 7) is 4.10. The van der Waals surface area contributed by atoms with Crippen molar-refractivity contribution in [1.29, 1.82) is 0 Å². The van der Waals surface area contributed by atoms with Crippen LogP contribution in [0.25, 0.3) is 11.3 Å². The van der Waals surface area contributed by atoms with Crippen molar-refractivity contribution in [1.82, 2.24) is 14.7 Å². The first-order valence-electron chi connectivity index (χ1n) is 10.9. The molecule has 35 heavy (non-hydrogen) atoms. The van der Waals surface area contributed by atoms with E-state index in [2.05, 4.69) is 14.9 Å². The maximum absolute atomic E-state index is 12.7. The molecule has 2 aromatic carbocycles. The quantitative estimate of drug-likeness (QED) is 0.312. The summed E-state index contributed by atoms with van der Waals surface area (Å²) < 4.78 is 17.6. The lowest BCUT2D eigenvalue weighted by Crippen LogP contribution is -2.12. The predicted octanol–water partition coefficient (Wildman–Crippen LogP) is 5.18. The molecule has 8 nitrogen and oxygen atoms in total. The summed E-state index contributed by atoms with van der Waals surface area (Å²) in [5, 5.41) is 4.60. The van der Waals surface area contributed by atoms with Crippen molar-refractivity contribution in [3.8, 4) is 11.3 Å². The van der Waals surface area contributed by atoms with Crippen LogP contribution < -0.4 is 0 Å². The first-order valence-corrected chi connectivity index (χ1v) is 11.3. The van der Waals surface area contributed by atoms with Crippen molar-refractivity contribution in [3.63, 3.8) is 0 Å². The standard InChI is InChI=1S/C26H24ClN3O5/c1-16-21(12-24(31)34-17(2)20-6-4-5-7-22(20)27)25(35-29-16)19-10-8-18(9-11-19)13-30-14-23(28-15-30)26(32)33-3/h4-11,14-15,17H,12-13H2,1-3H3. The number of aryl methyl sites for hydroxylation is 1. The molecule has 0 aliphatic carbocycles. The third kappa shape index (κ3) is 5.60. The molecule has 2 heterocycles. The van der Waals surface area contributed by atoms with Gasteiger partial charge in [0.15, 0.2) is 11.5 Å². The molecule has 0 saturated carbocycles.